The molecule has 0 aliphatic carbocycles. The van der Waals surface area contributed by atoms with Gasteiger partial charge in [-0.05, 0) is 25.1 Å². The van der Waals surface area contributed by atoms with Crippen LogP contribution in [0, 0.1) is 0 Å². The monoisotopic (exact) mass is 267 g/mol. The molecule has 98 valence electrons. The van der Waals surface area contributed by atoms with Crippen molar-refractivity contribution in [2.24, 2.45) is 0 Å². The Labute approximate surface area is 113 Å². The summed E-state index contributed by atoms with van der Waals surface area (Å²) in [5, 5.41) is 0.290. The van der Waals surface area contributed by atoms with Gasteiger partial charge < -0.3 is 4.90 Å². The Morgan fingerprint density at radius 3 is 2.72 bits per heavy atom. The number of piperazine rings is 1. The summed E-state index contributed by atoms with van der Waals surface area (Å²) in [6.07, 6.45) is 2.75. The molecule has 2 rings (SSSR count). The largest absolute Gasteiger partial charge is 0.336 e. The van der Waals surface area contributed by atoms with Gasteiger partial charge in [0.05, 0.1) is 5.56 Å². The third-order valence-electron chi connectivity index (χ3n) is 3.19. The molecule has 1 amide bonds. The Morgan fingerprint density at radius 2 is 2.11 bits per heavy atom. The number of amides is 1. The molecular formula is C13H18ClN3O. The highest BCUT2D eigenvalue weighted by Gasteiger charge is 2.23. The van der Waals surface area contributed by atoms with Gasteiger partial charge in [-0.2, -0.15) is 0 Å². The summed E-state index contributed by atoms with van der Waals surface area (Å²) in [4.78, 5) is 20.5. The van der Waals surface area contributed by atoms with Crippen LogP contribution >= 0.6 is 11.6 Å². The van der Waals surface area contributed by atoms with E-state index in [-0.39, 0.29) is 5.91 Å². The van der Waals surface area contributed by atoms with Crippen molar-refractivity contribution >= 4 is 17.5 Å². The normalized spacial score (nSPS) is 16.9. The van der Waals surface area contributed by atoms with Gasteiger partial charge in [0.15, 0.2) is 0 Å². The van der Waals surface area contributed by atoms with E-state index in [1.54, 1.807) is 18.3 Å². The lowest BCUT2D eigenvalue weighted by molar-refractivity contribution is 0.0637. The average molecular weight is 268 g/mol. The van der Waals surface area contributed by atoms with Crippen molar-refractivity contribution in [3.63, 3.8) is 0 Å². The summed E-state index contributed by atoms with van der Waals surface area (Å²) in [5.74, 6) is -0.00996. The minimum absolute atomic E-state index is 0.00996. The van der Waals surface area contributed by atoms with Crippen molar-refractivity contribution in [3.05, 3.63) is 29.0 Å². The Hall–Kier alpha value is -1.13. The summed E-state index contributed by atoms with van der Waals surface area (Å²) in [5.41, 5.74) is 0.503. The zero-order valence-corrected chi connectivity index (χ0v) is 11.4. The molecule has 1 aliphatic heterocycles. The fourth-order valence-corrected chi connectivity index (χ4v) is 2.41. The predicted molar refractivity (Wildman–Crippen MR) is 71.9 cm³/mol. The van der Waals surface area contributed by atoms with Crippen molar-refractivity contribution in [1.82, 2.24) is 14.8 Å². The molecule has 0 N–H and O–H groups in total. The predicted octanol–water partition coefficient (Wildman–Crippen LogP) is 1.90. The quantitative estimate of drug-likeness (QED) is 0.785. The fourth-order valence-electron chi connectivity index (χ4n) is 2.21. The maximum atomic E-state index is 12.3. The van der Waals surface area contributed by atoms with E-state index < -0.39 is 0 Å². The van der Waals surface area contributed by atoms with Crippen LogP contribution in [0.3, 0.4) is 0 Å². The number of pyridine rings is 1. The van der Waals surface area contributed by atoms with E-state index >= 15 is 0 Å². The van der Waals surface area contributed by atoms with Gasteiger partial charge in [-0.1, -0.05) is 18.5 Å². The average Bonchev–Trinajstić information content (AvgIpc) is 2.40. The van der Waals surface area contributed by atoms with E-state index in [4.69, 9.17) is 11.6 Å². The lowest BCUT2D eigenvalue weighted by Gasteiger charge is -2.34. The maximum Gasteiger partial charge on any atom is 0.257 e. The maximum absolute atomic E-state index is 12.3. The van der Waals surface area contributed by atoms with Gasteiger partial charge in [0.1, 0.15) is 5.15 Å². The van der Waals surface area contributed by atoms with Gasteiger partial charge in [0.25, 0.3) is 5.91 Å². The van der Waals surface area contributed by atoms with Gasteiger partial charge in [-0.25, -0.2) is 4.98 Å². The lowest BCUT2D eigenvalue weighted by atomic mass is 10.2. The molecule has 1 saturated heterocycles. The molecule has 1 aromatic heterocycles. The summed E-state index contributed by atoms with van der Waals surface area (Å²) in [6, 6.07) is 3.47. The molecule has 2 heterocycles. The number of hydrogen-bond acceptors (Lipinski definition) is 3. The highest BCUT2D eigenvalue weighted by molar-refractivity contribution is 6.32. The molecule has 0 spiro atoms. The van der Waals surface area contributed by atoms with E-state index in [1.807, 2.05) is 4.90 Å². The summed E-state index contributed by atoms with van der Waals surface area (Å²) >= 11 is 5.95. The zero-order chi connectivity index (χ0) is 13.0. The van der Waals surface area contributed by atoms with E-state index in [9.17, 15) is 4.79 Å². The smallest absolute Gasteiger partial charge is 0.257 e. The molecule has 4 nitrogen and oxygen atoms in total. The molecule has 0 bridgehead atoms. The standard InChI is InChI=1S/C13H18ClN3O/c1-2-6-16-7-9-17(10-8-16)13(18)11-4-3-5-15-12(11)14/h3-5H,2,6-10H2,1H3. The summed E-state index contributed by atoms with van der Waals surface area (Å²) < 4.78 is 0. The molecular weight excluding hydrogens is 250 g/mol. The minimum Gasteiger partial charge on any atom is -0.336 e. The van der Waals surface area contributed by atoms with Crippen LogP contribution in [-0.2, 0) is 0 Å². The molecule has 0 unspecified atom stereocenters. The number of aromatic nitrogens is 1. The van der Waals surface area contributed by atoms with Crippen LogP contribution in [0.2, 0.25) is 5.15 Å². The molecule has 18 heavy (non-hydrogen) atoms. The minimum atomic E-state index is -0.00996. The molecule has 1 fully saturated rings. The van der Waals surface area contributed by atoms with Crippen molar-refractivity contribution in [2.45, 2.75) is 13.3 Å². The number of nitrogens with zero attached hydrogens (tertiary/aromatic N) is 3. The van der Waals surface area contributed by atoms with E-state index in [2.05, 4.69) is 16.8 Å². The number of rotatable bonds is 3. The number of hydrogen-bond donors (Lipinski definition) is 0. The summed E-state index contributed by atoms with van der Waals surface area (Å²) in [6.45, 7) is 6.70. The van der Waals surface area contributed by atoms with Crippen molar-refractivity contribution in [3.8, 4) is 0 Å². The number of carbonyl (C=O) groups is 1. The van der Waals surface area contributed by atoms with Crippen LogP contribution in [-0.4, -0.2) is 53.4 Å². The third-order valence-corrected chi connectivity index (χ3v) is 3.49. The second-order valence-corrected chi connectivity index (χ2v) is 4.83. The second kappa shape index (κ2) is 6.16. The first kappa shape index (κ1) is 13.3. The van der Waals surface area contributed by atoms with Crippen molar-refractivity contribution in [2.75, 3.05) is 32.7 Å². The molecule has 0 atom stereocenters. The van der Waals surface area contributed by atoms with Gasteiger partial charge in [0, 0.05) is 32.4 Å². The van der Waals surface area contributed by atoms with Crippen molar-refractivity contribution < 1.29 is 4.79 Å². The van der Waals surface area contributed by atoms with Crippen molar-refractivity contribution in [1.29, 1.82) is 0 Å². The molecule has 0 saturated carbocycles. The van der Waals surface area contributed by atoms with E-state index in [0.717, 1.165) is 39.1 Å². The zero-order valence-electron chi connectivity index (χ0n) is 10.6. The molecule has 0 radical (unpaired) electrons. The Kier molecular flexibility index (Phi) is 4.55. The molecule has 0 aromatic carbocycles. The fraction of sp³-hybridized carbons (Fsp3) is 0.538. The third kappa shape index (κ3) is 3.00. The van der Waals surface area contributed by atoms with Crippen LogP contribution in [0.1, 0.15) is 23.7 Å². The molecule has 5 heteroatoms. The van der Waals surface area contributed by atoms with Gasteiger partial charge in [0.2, 0.25) is 0 Å². The molecule has 1 aliphatic rings. The second-order valence-electron chi connectivity index (χ2n) is 4.48. The Balaban J connectivity index is 1.98. The van der Waals surface area contributed by atoms with Crippen LogP contribution in [0.4, 0.5) is 0 Å². The van der Waals surface area contributed by atoms with Gasteiger partial charge >= 0.3 is 0 Å². The molecule has 1 aromatic rings. The SMILES string of the molecule is CCCN1CCN(C(=O)c2cccnc2Cl)CC1. The van der Waals surface area contributed by atoms with Crippen LogP contribution in [0.25, 0.3) is 0 Å². The Bertz CT molecular complexity index is 416. The summed E-state index contributed by atoms with van der Waals surface area (Å²) in [7, 11) is 0. The first-order chi connectivity index (χ1) is 8.72. The highest BCUT2D eigenvalue weighted by atomic mass is 35.5. The number of halogens is 1. The van der Waals surface area contributed by atoms with Crippen LogP contribution in [0.15, 0.2) is 18.3 Å². The van der Waals surface area contributed by atoms with E-state index in [0.29, 0.717) is 10.7 Å². The topological polar surface area (TPSA) is 36.4 Å². The first-order valence-electron chi connectivity index (χ1n) is 6.34. The van der Waals surface area contributed by atoms with Crippen LogP contribution in [0.5, 0.6) is 0 Å². The Morgan fingerprint density at radius 1 is 1.39 bits per heavy atom. The lowest BCUT2D eigenvalue weighted by Crippen LogP contribution is -2.48. The van der Waals surface area contributed by atoms with Gasteiger partial charge in [-0.3, -0.25) is 9.69 Å². The van der Waals surface area contributed by atoms with E-state index in [1.165, 1.54) is 0 Å². The van der Waals surface area contributed by atoms with Crippen LogP contribution < -0.4 is 0 Å². The number of carbonyl (C=O) groups excluding carboxylic acids is 1. The highest BCUT2D eigenvalue weighted by Crippen LogP contribution is 2.15. The van der Waals surface area contributed by atoms with Gasteiger partial charge in [-0.15, -0.1) is 0 Å². The first-order valence-corrected chi connectivity index (χ1v) is 6.72.